The fourth-order valence-electron chi connectivity index (χ4n) is 1.46. The summed E-state index contributed by atoms with van der Waals surface area (Å²) >= 11 is 9.27. The summed E-state index contributed by atoms with van der Waals surface area (Å²) in [6.07, 6.45) is 1.69. The van der Waals surface area contributed by atoms with Crippen LogP contribution in [0.4, 0.5) is 0 Å². The Morgan fingerprint density at radius 3 is 2.56 bits per heavy atom. The van der Waals surface area contributed by atoms with Crippen LogP contribution < -0.4 is 0 Å². The molecule has 2 aromatic heterocycles. The molecule has 0 fully saturated rings. The number of aryl methyl sites for hydroxylation is 2. The molecular formula is C10H10BrClN4. The average molecular weight is 302 g/mol. The highest BCUT2D eigenvalue weighted by molar-refractivity contribution is 9.10. The van der Waals surface area contributed by atoms with E-state index in [0.717, 1.165) is 21.4 Å². The van der Waals surface area contributed by atoms with E-state index < -0.39 is 0 Å². The molecule has 0 aromatic carbocycles. The maximum Gasteiger partial charge on any atom is 0.224 e. The van der Waals surface area contributed by atoms with E-state index in [4.69, 9.17) is 11.6 Å². The highest BCUT2D eigenvalue weighted by atomic mass is 79.9. The van der Waals surface area contributed by atoms with Crippen molar-refractivity contribution in [2.45, 2.75) is 20.8 Å². The van der Waals surface area contributed by atoms with Crippen LogP contribution >= 0.6 is 27.5 Å². The van der Waals surface area contributed by atoms with Crippen LogP contribution in [0.25, 0.3) is 5.82 Å². The molecule has 0 N–H and O–H groups in total. The van der Waals surface area contributed by atoms with Gasteiger partial charge in [0, 0.05) is 11.8 Å². The Morgan fingerprint density at radius 1 is 1.31 bits per heavy atom. The van der Waals surface area contributed by atoms with E-state index >= 15 is 0 Å². The van der Waals surface area contributed by atoms with E-state index in [2.05, 4.69) is 31.0 Å². The van der Waals surface area contributed by atoms with E-state index in [1.165, 1.54) is 0 Å². The van der Waals surface area contributed by atoms with Crippen molar-refractivity contribution in [3.05, 3.63) is 32.9 Å². The van der Waals surface area contributed by atoms with Gasteiger partial charge in [-0.15, -0.1) is 0 Å². The monoisotopic (exact) mass is 300 g/mol. The molecule has 6 heteroatoms. The van der Waals surface area contributed by atoms with Gasteiger partial charge in [-0.1, -0.05) is 0 Å². The van der Waals surface area contributed by atoms with Crippen LogP contribution in [0.15, 0.2) is 10.7 Å². The van der Waals surface area contributed by atoms with Crippen molar-refractivity contribution in [3.8, 4) is 5.82 Å². The van der Waals surface area contributed by atoms with Crippen molar-refractivity contribution >= 4 is 27.5 Å². The highest BCUT2D eigenvalue weighted by Crippen LogP contribution is 2.23. The lowest BCUT2D eigenvalue weighted by Crippen LogP contribution is -2.05. The first kappa shape index (κ1) is 11.5. The zero-order valence-electron chi connectivity index (χ0n) is 9.12. The summed E-state index contributed by atoms with van der Waals surface area (Å²) in [4.78, 5) is 8.12. The molecule has 4 nitrogen and oxygen atoms in total. The molecule has 16 heavy (non-hydrogen) atoms. The Labute approximate surface area is 107 Å². The molecule has 84 valence electrons. The Morgan fingerprint density at radius 2 is 2.00 bits per heavy atom. The molecule has 0 amide bonds. The number of rotatable bonds is 1. The first-order chi connectivity index (χ1) is 7.50. The van der Waals surface area contributed by atoms with Gasteiger partial charge in [-0.05, 0) is 48.3 Å². The van der Waals surface area contributed by atoms with Gasteiger partial charge in [0.1, 0.15) is 0 Å². The zero-order chi connectivity index (χ0) is 11.9. The normalized spacial score (nSPS) is 10.8. The summed E-state index contributed by atoms with van der Waals surface area (Å²) in [5, 5.41) is 4.63. The number of aromatic nitrogens is 4. The quantitative estimate of drug-likeness (QED) is 0.761. The predicted octanol–water partition coefficient (Wildman–Crippen LogP) is 3.00. The fourth-order valence-corrected chi connectivity index (χ4v) is 1.83. The second-order valence-electron chi connectivity index (χ2n) is 3.54. The van der Waals surface area contributed by atoms with Gasteiger partial charge in [0.15, 0.2) is 5.82 Å². The Bertz CT molecular complexity index is 550. The van der Waals surface area contributed by atoms with Gasteiger partial charge in [0.2, 0.25) is 5.28 Å². The average Bonchev–Trinajstić information content (AvgIpc) is 2.50. The fraction of sp³-hybridized carbons (Fsp3) is 0.300. The van der Waals surface area contributed by atoms with Gasteiger partial charge >= 0.3 is 0 Å². The zero-order valence-corrected chi connectivity index (χ0v) is 11.5. The number of nitrogens with zero attached hydrogens (tertiary/aromatic N) is 4. The highest BCUT2D eigenvalue weighted by Gasteiger charge is 2.13. The van der Waals surface area contributed by atoms with E-state index in [-0.39, 0.29) is 5.28 Å². The van der Waals surface area contributed by atoms with Crippen LogP contribution in [0, 0.1) is 20.8 Å². The summed E-state index contributed by atoms with van der Waals surface area (Å²) in [7, 11) is 0. The van der Waals surface area contributed by atoms with Crippen LogP contribution in [0.1, 0.15) is 17.0 Å². The van der Waals surface area contributed by atoms with Crippen LogP contribution in [-0.2, 0) is 0 Å². The minimum atomic E-state index is 0.226. The third-order valence-corrected chi connectivity index (χ3v) is 3.65. The SMILES string of the molecule is Cc1cnc(Cl)nc1-n1nc(C)c(Br)c1C. The summed E-state index contributed by atoms with van der Waals surface area (Å²) in [6.45, 7) is 5.83. The molecule has 0 aliphatic heterocycles. The Hall–Kier alpha value is -0.940. The largest absolute Gasteiger partial charge is 0.226 e. The summed E-state index contributed by atoms with van der Waals surface area (Å²) in [6, 6.07) is 0. The van der Waals surface area contributed by atoms with Crippen molar-refractivity contribution in [2.75, 3.05) is 0 Å². The minimum absolute atomic E-state index is 0.226. The van der Waals surface area contributed by atoms with Crippen molar-refractivity contribution < 1.29 is 0 Å². The number of hydrogen-bond donors (Lipinski definition) is 0. The molecule has 0 atom stereocenters. The van der Waals surface area contributed by atoms with Gasteiger partial charge in [0.05, 0.1) is 15.9 Å². The number of hydrogen-bond acceptors (Lipinski definition) is 3. The summed E-state index contributed by atoms with van der Waals surface area (Å²) in [5.74, 6) is 0.714. The topological polar surface area (TPSA) is 43.6 Å². The van der Waals surface area contributed by atoms with Crippen molar-refractivity contribution in [3.63, 3.8) is 0 Å². The molecule has 0 aliphatic rings. The minimum Gasteiger partial charge on any atom is -0.226 e. The van der Waals surface area contributed by atoms with E-state index in [0.29, 0.717) is 5.82 Å². The first-order valence-corrected chi connectivity index (χ1v) is 5.89. The first-order valence-electron chi connectivity index (χ1n) is 4.72. The predicted molar refractivity (Wildman–Crippen MR) is 66.1 cm³/mol. The van der Waals surface area contributed by atoms with Gasteiger partial charge in [-0.2, -0.15) is 10.1 Å². The van der Waals surface area contributed by atoms with Gasteiger partial charge in [-0.25, -0.2) is 9.67 Å². The van der Waals surface area contributed by atoms with Crippen molar-refractivity contribution in [1.29, 1.82) is 0 Å². The summed E-state index contributed by atoms with van der Waals surface area (Å²) in [5.41, 5.74) is 2.85. The lowest BCUT2D eigenvalue weighted by atomic mass is 10.3. The van der Waals surface area contributed by atoms with Crippen molar-refractivity contribution in [2.24, 2.45) is 0 Å². The van der Waals surface area contributed by atoms with Gasteiger partial charge in [-0.3, -0.25) is 0 Å². The molecule has 0 saturated heterocycles. The molecule has 0 aliphatic carbocycles. The van der Waals surface area contributed by atoms with Crippen molar-refractivity contribution in [1.82, 2.24) is 19.7 Å². The van der Waals surface area contributed by atoms with Crippen LogP contribution in [0.3, 0.4) is 0 Å². The lowest BCUT2D eigenvalue weighted by molar-refractivity contribution is 0.792. The van der Waals surface area contributed by atoms with Gasteiger partial charge < -0.3 is 0 Å². The Balaban J connectivity index is 2.67. The third kappa shape index (κ3) is 1.85. The van der Waals surface area contributed by atoms with Gasteiger partial charge in [0.25, 0.3) is 0 Å². The maximum absolute atomic E-state index is 5.79. The molecule has 2 aromatic rings. The molecule has 0 bridgehead atoms. The molecule has 2 rings (SSSR count). The molecule has 2 heterocycles. The maximum atomic E-state index is 5.79. The second kappa shape index (κ2) is 4.14. The molecule has 0 unspecified atom stereocenters. The molecule has 0 saturated carbocycles. The molecule has 0 radical (unpaired) electrons. The third-order valence-electron chi connectivity index (χ3n) is 2.32. The smallest absolute Gasteiger partial charge is 0.224 e. The van der Waals surface area contributed by atoms with E-state index in [1.807, 2.05) is 20.8 Å². The van der Waals surface area contributed by atoms with E-state index in [9.17, 15) is 0 Å². The van der Waals surface area contributed by atoms with E-state index in [1.54, 1.807) is 10.9 Å². The lowest BCUT2D eigenvalue weighted by Gasteiger charge is -2.06. The molecular weight excluding hydrogens is 291 g/mol. The Kier molecular flexibility index (Phi) is 2.99. The van der Waals surface area contributed by atoms with Crippen LogP contribution in [0.2, 0.25) is 5.28 Å². The summed E-state index contributed by atoms with van der Waals surface area (Å²) < 4.78 is 2.75. The second-order valence-corrected chi connectivity index (χ2v) is 4.67. The van der Waals surface area contributed by atoms with Crippen LogP contribution in [0.5, 0.6) is 0 Å². The van der Waals surface area contributed by atoms with Crippen LogP contribution in [-0.4, -0.2) is 19.7 Å². The molecule has 0 spiro atoms. The number of halogens is 2. The standard InChI is InChI=1S/C10H10BrClN4/c1-5-4-13-10(12)14-9(5)16-7(3)8(11)6(2)15-16/h4H,1-3H3.